The van der Waals surface area contributed by atoms with Gasteiger partial charge in [-0.2, -0.15) is 15.1 Å². The molecule has 10 nitrogen and oxygen atoms in total. The van der Waals surface area contributed by atoms with E-state index in [9.17, 15) is 4.79 Å². The number of fused-ring (bicyclic) bond motifs is 2. The molecule has 1 saturated carbocycles. The van der Waals surface area contributed by atoms with E-state index in [4.69, 9.17) is 15.3 Å². The average molecular weight is 449 g/mol. The van der Waals surface area contributed by atoms with Crippen molar-refractivity contribution >= 4 is 34.3 Å². The Hall–Kier alpha value is -3.69. The molecule has 2 fully saturated rings. The summed E-state index contributed by atoms with van der Waals surface area (Å²) in [6.45, 7) is 3.35. The number of hydrogen-bond donors (Lipinski definition) is 4. The summed E-state index contributed by atoms with van der Waals surface area (Å²) in [5, 5.41) is 10.9. The van der Waals surface area contributed by atoms with Gasteiger partial charge in [-0.25, -0.2) is 5.53 Å². The number of carbonyl (C=O) groups is 1. The Bertz CT molecular complexity index is 1210. The van der Waals surface area contributed by atoms with Crippen LogP contribution in [0, 0.1) is 17.4 Å². The van der Waals surface area contributed by atoms with Crippen LogP contribution in [0.5, 0.6) is 5.88 Å². The van der Waals surface area contributed by atoms with Crippen molar-refractivity contribution in [2.75, 3.05) is 37.9 Å². The maximum absolute atomic E-state index is 11.7. The van der Waals surface area contributed by atoms with Crippen LogP contribution in [-0.2, 0) is 4.79 Å². The Morgan fingerprint density at radius 1 is 1.27 bits per heavy atom. The molecule has 33 heavy (non-hydrogen) atoms. The third kappa shape index (κ3) is 3.75. The first-order valence-electron chi connectivity index (χ1n) is 11.2. The van der Waals surface area contributed by atoms with Gasteiger partial charge >= 0.3 is 0 Å². The number of aromatic amines is 1. The zero-order chi connectivity index (χ0) is 23.1. The van der Waals surface area contributed by atoms with Gasteiger partial charge in [0.2, 0.25) is 17.7 Å². The molecule has 2 aliphatic rings. The number of H-pyrrole nitrogens is 1. The van der Waals surface area contributed by atoms with Crippen LogP contribution >= 0.6 is 0 Å². The van der Waals surface area contributed by atoms with Gasteiger partial charge in [0.1, 0.15) is 11.3 Å². The highest BCUT2D eigenvalue weighted by molar-refractivity contribution is 5.98. The van der Waals surface area contributed by atoms with Gasteiger partial charge < -0.3 is 25.3 Å². The van der Waals surface area contributed by atoms with E-state index in [2.05, 4.69) is 25.7 Å². The van der Waals surface area contributed by atoms with E-state index in [0.29, 0.717) is 35.0 Å². The fourth-order valence-corrected chi connectivity index (χ4v) is 5.30. The number of methoxy groups -OCH3 is 1. The van der Waals surface area contributed by atoms with Crippen LogP contribution in [0.2, 0.25) is 0 Å². The van der Waals surface area contributed by atoms with Crippen LogP contribution in [-0.4, -0.2) is 59.0 Å². The van der Waals surface area contributed by atoms with Crippen molar-refractivity contribution < 1.29 is 9.53 Å². The van der Waals surface area contributed by atoms with Crippen LogP contribution < -0.4 is 15.4 Å². The highest BCUT2D eigenvalue weighted by atomic mass is 16.5. The molecule has 1 amide bonds. The molecule has 5 rings (SSSR count). The van der Waals surface area contributed by atoms with Crippen molar-refractivity contribution in [2.24, 2.45) is 17.0 Å². The summed E-state index contributed by atoms with van der Waals surface area (Å²) in [6, 6.07) is 5.96. The van der Waals surface area contributed by atoms with E-state index in [1.54, 1.807) is 27.1 Å². The lowest BCUT2D eigenvalue weighted by Crippen LogP contribution is -2.29. The molecule has 0 spiro atoms. The first-order chi connectivity index (χ1) is 16.0. The number of nitrogens with one attached hydrogen (secondary N) is 4. The second-order valence-electron chi connectivity index (χ2n) is 8.83. The van der Waals surface area contributed by atoms with Gasteiger partial charge in [0, 0.05) is 44.9 Å². The quantitative estimate of drug-likeness (QED) is 0.422. The molecule has 0 bridgehead atoms. The fourth-order valence-electron chi connectivity index (χ4n) is 5.30. The normalized spacial score (nSPS) is 21.8. The van der Waals surface area contributed by atoms with Crippen molar-refractivity contribution in [2.45, 2.75) is 25.8 Å². The Balaban J connectivity index is 1.40. The molecule has 3 aromatic rings. The van der Waals surface area contributed by atoms with Gasteiger partial charge in [0.05, 0.1) is 18.2 Å². The molecule has 1 aromatic carbocycles. The summed E-state index contributed by atoms with van der Waals surface area (Å²) in [5.41, 5.74) is 11.2. The predicted octanol–water partition coefficient (Wildman–Crippen LogP) is 4.01. The van der Waals surface area contributed by atoms with E-state index < -0.39 is 0 Å². The molecule has 0 radical (unpaired) electrons. The van der Waals surface area contributed by atoms with Crippen molar-refractivity contribution in [1.29, 1.82) is 5.53 Å². The molecule has 3 heterocycles. The van der Waals surface area contributed by atoms with E-state index in [1.165, 1.54) is 0 Å². The largest absolute Gasteiger partial charge is 0.480 e. The third-order valence-electron chi connectivity index (χ3n) is 6.92. The summed E-state index contributed by atoms with van der Waals surface area (Å²) in [5.74, 6) is 2.28. The minimum atomic E-state index is 0.167. The van der Waals surface area contributed by atoms with Crippen LogP contribution in [0.4, 0.5) is 17.3 Å². The predicted molar refractivity (Wildman–Crippen MR) is 126 cm³/mol. The summed E-state index contributed by atoms with van der Waals surface area (Å²) in [7, 11) is 3.42. The lowest BCUT2D eigenvalue weighted by atomic mass is 10.0. The molecule has 4 N–H and O–H groups in total. The van der Waals surface area contributed by atoms with Crippen LogP contribution in [0.3, 0.4) is 0 Å². The molecular formula is C23H28N8O2. The van der Waals surface area contributed by atoms with Crippen LogP contribution in [0.25, 0.3) is 22.2 Å². The van der Waals surface area contributed by atoms with Gasteiger partial charge in [0.25, 0.3) is 0 Å². The third-order valence-corrected chi connectivity index (χ3v) is 6.92. The first kappa shape index (κ1) is 21.2. The fraction of sp³-hybridized carbons (Fsp3) is 0.435. The zero-order valence-electron chi connectivity index (χ0n) is 19.0. The number of aromatic nitrogens is 3. The molecule has 1 aliphatic heterocycles. The number of anilines is 2. The van der Waals surface area contributed by atoms with Gasteiger partial charge in [-0.3, -0.25) is 4.79 Å². The summed E-state index contributed by atoms with van der Waals surface area (Å²) < 4.78 is 5.65. The zero-order valence-corrected chi connectivity index (χ0v) is 19.0. The summed E-state index contributed by atoms with van der Waals surface area (Å²) in [6.07, 6.45) is 3.91. The monoisotopic (exact) mass is 448 g/mol. The Morgan fingerprint density at radius 3 is 2.67 bits per heavy atom. The minimum absolute atomic E-state index is 0.167. The maximum Gasteiger partial charge on any atom is 0.228 e. The summed E-state index contributed by atoms with van der Waals surface area (Å²) >= 11 is 0. The number of likely N-dealkylation sites (tertiary alicyclic amines) is 1. The molecule has 3 atom stereocenters. The lowest BCUT2D eigenvalue weighted by molar-refractivity contribution is -0.128. The first-order valence-corrected chi connectivity index (χ1v) is 11.2. The molecule has 2 aromatic heterocycles. The lowest BCUT2D eigenvalue weighted by Gasteiger charge is -2.18. The number of ether oxygens (including phenoxy) is 1. The SMILES string of the molecule is CNc1cc(-c2c[nH]c3nc(N[C@@H]4C[C@@H]5CN(C(C)=O)C[C@@H]5C4)nc(OC)c23)ccc1N=N. The molecule has 1 saturated heterocycles. The van der Waals surface area contributed by atoms with Crippen LogP contribution in [0.1, 0.15) is 19.8 Å². The van der Waals surface area contributed by atoms with Gasteiger partial charge in [-0.15, -0.1) is 0 Å². The highest BCUT2D eigenvalue weighted by Gasteiger charge is 2.41. The average Bonchev–Trinajstić information content (AvgIpc) is 3.51. The molecule has 1 aliphatic carbocycles. The number of hydrogen-bond acceptors (Lipinski definition) is 8. The molecule has 10 heteroatoms. The minimum Gasteiger partial charge on any atom is -0.480 e. The number of nitrogens with zero attached hydrogens (tertiary/aromatic N) is 4. The number of benzene rings is 1. The second kappa shape index (κ2) is 8.34. The summed E-state index contributed by atoms with van der Waals surface area (Å²) in [4.78, 5) is 26.3. The number of rotatable bonds is 6. The molecular weight excluding hydrogens is 420 g/mol. The maximum atomic E-state index is 11.7. The van der Waals surface area contributed by atoms with E-state index in [-0.39, 0.29) is 11.9 Å². The van der Waals surface area contributed by atoms with E-state index >= 15 is 0 Å². The Morgan fingerprint density at radius 2 is 2.03 bits per heavy atom. The highest BCUT2D eigenvalue weighted by Crippen LogP contribution is 2.40. The Kier molecular flexibility index (Phi) is 5.35. The van der Waals surface area contributed by atoms with Gasteiger partial charge in [0.15, 0.2) is 0 Å². The smallest absolute Gasteiger partial charge is 0.228 e. The Labute approximate surface area is 191 Å². The van der Waals surface area contributed by atoms with Crippen molar-refractivity contribution in [3.8, 4) is 17.0 Å². The topological polar surface area (TPSA) is 131 Å². The van der Waals surface area contributed by atoms with E-state index in [0.717, 1.165) is 48.1 Å². The van der Waals surface area contributed by atoms with Gasteiger partial charge in [-0.1, -0.05) is 6.07 Å². The molecule has 0 unspecified atom stereocenters. The standard InChI is InChI=1S/C23H28N8O2/c1-12(32)31-10-14-6-16(7-15(14)11-31)27-23-28-21-20(22(29-23)33-3)17(9-26-21)13-4-5-18(30-24)19(8-13)25-2/h4-5,8-9,14-16,24-25H,6-7,10-11H2,1-3H3,(H2,26,27,28,29)/t14-,15+,16-. The number of amides is 1. The van der Waals surface area contributed by atoms with Crippen LogP contribution in [0.15, 0.2) is 29.5 Å². The molecule has 172 valence electrons. The van der Waals surface area contributed by atoms with Crippen molar-refractivity contribution in [3.05, 3.63) is 24.4 Å². The second-order valence-corrected chi connectivity index (χ2v) is 8.83. The van der Waals surface area contributed by atoms with Crippen molar-refractivity contribution in [1.82, 2.24) is 19.9 Å². The van der Waals surface area contributed by atoms with E-state index in [1.807, 2.05) is 23.2 Å². The van der Waals surface area contributed by atoms with Crippen molar-refractivity contribution in [3.63, 3.8) is 0 Å². The number of carbonyl (C=O) groups excluding carboxylic acids is 1. The van der Waals surface area contributed by atoms with Gasteiger partial charge in [-0.05, 0) is 42.4 Å².